The second-order valence-electron chi connectivity index (χ2n) is 3.35. The Hall–Kier alpha value is -0.0400. The van der Waals surface area contributed by atoms with Crippen molar-refractivity contribution in [3.05, 3.63) is 0 Å². The first kappa shape index (κ1) is 9.96. The van der Waals surface area contributed by atoms with Gasteiger partial charge in [0.2, 0.25) is 0 Å². The van der Waals surface area contributed by atoms with E-state index in [4.69, 9.17) is 0 Å². The van der Waals surface area contributed by atoms with E-state index >= 15 is 0 Å². The quantitative estimate of drug-likeness (QED) is 0.564. The fourth-order valence-corrected chi connectivity index (χ4v) is 1.17. The molecule has 0 saturated carbocycles. The lowest BCUT2D eigenvalue weighted by Crippen LogP contribution is -2.03. The molecule has 2 unspecified atom stereocenters. The van der Waals surface area contributed by atoms with Crippen LogP contribution in [0.4, 0.5) is 0 Å². The van der Waals surface area contributed by atoms with Crippen molar-refractivity contribution >= 4 is 0 Å². The SMILES string of the molecule is CCC(C)CC(C)CC[O]. The van der Waals surface area contributed by atoms with Gasteiger partial charge in [0.25, 0.3) is 0 Å². The van der Waals surface area contributed by atoms with Gasteiger partial charge in [0.1, 0.15) is 0 Å². The van der Waals surface area contributed by atoms with E-state index in [2.05, 4.69) is 20.8 Å². The van der Waals surface area contributed by atoms with Crippen molar-refractivity contribution in [2.24, 2.45) is 11.8 Å². The van der Waals surface area contributed by atoms with Gasteiger partial charge in [0, 0.05) is 0 Å². The maximum atomic E-state index is 10.2. The average Bonchev–Trinajstić information content (AvgIpc) is 1.88. The Balaban J connectivity index is 3.27. The van der Waals surface area contributed by atoms with E-state index < -0.39 is 0 Å². The van der Waals surface area contributed by atoms with Crippen LogP contribution in [0.15, 0.2) is 0 Å². The third-order valence-corrected chi connectivity index (χ3v) is 2.11. The summed E-state index contributed by atoms with van der Waals surface area (Å²) >= 11 is 0. The zero-order valence-corrected chi connectivity index (χ0v) is 7.39. The molecule has 0 aliphatic carbocycles. The van der Waals surface area contributed by atoms with Gasteiger partial charge in [-0.3, -0.25) is 0 Å². The molecule has 0 spiro atoms. The highest BCUT2D eigenvalue weighted by molar-refractivity contribution is 4.57. The Morgan fingerprint density at radius 1 is 1.20 bits per heavy atom. The molecule has 1 nitrogen and oxygen atoms in total. The van der Waals surface area contributed by atoms with Crippen LogP contribution >= 0.6 is 0 Å². The third kappa shape index (κ3) is 4.80. The summed E-state index contributed by atoms with van der Waals surface area (Å²) in [6.07, 6.45) is 3.31. The van der Waals surface area contributed by atoms with E-state index in [0.29, 0.717) is 5.92 Å². The number of hydrogen-bond donors (Lipinski definition) is 0. The molecule has 0 fully saturated rings. The van der Waals surface area contributed by atoms with E-state index in [1.165, 1.54) is 12.8 Å². The van der Waals surface area contributed by atoms with Gasteiger partial charge in [-0.05, 0) is 24.7 Å². The fraction of sp³-hybridized carbons (Fsp3) is 1.00. The van der Waals surface area contributed by atoms with E-state index in [0.717, 1.165) is 12.3 Å². The Kier molecular flexibility index (Phi) is 5.70. The molecule has 0 saturated heterocycles. The zero-order valence-electron chi connectivity index (χ0n) is 7.39. The molecular weight excluding hydrogens is 124 g/mol. The van der Waals surface area contributed by atoms with E-state index in [-0.39, 0.29) is 6.61 Å². The largest absolute Gasteiger partial charge is 0.237 e. The summed E-state index contributed by atoms with van der Waals surface area (Å²) in [6, 6.07) is 0. The monoisotopic (exact) mass is 143 g/mol. The van der Waals surface area contributed by atoms with Crippen molar-refractivity contribution in [3.8, 4) is 0 Å². The number of hydrogen-bond acceptors (Lipinski definition) is 0. The molecule has 0 aromatic carbocycles. The van der Waals surface area contributed by atoms with E-state index in [1.807, 2.05) is 0 Å². The highest BCUT2D eigenvalue weighted by Gasteiger charge is 2.05. The molecule has 1 radical (unpaired) electrons. The first-order valence-corrected chi connectivity index (χ1v) is 4.28. The lowest BCUT2D eigenvalue weighted by molar-refractivity contribution is 0.167. The molecule has 0 aromatic heterocycles. The summed E-state index contributed by atoms with van der Waals surface area (Å²) in [7, 11) is 0. The van der Waals surface area contributed by atoms with Gasteiger partial charge < -0.3 is 0 Å². The van der Waals surface area contributed by atoms with Gasteiger partial charge in [0.05, 0.1) is 6.61 Å². The summed E-state index contributed by atoms with van der Waals surface area (Å²) < 4.78 is 0. The van der Waals surface area contributed by atoms with Crippen LogP contribution in [0.3, 0.4) is 0 Å². The molecule has 0 aliphatic rings. The molecule has 0 N–H and O–H groups in total. The Labute approximate surface area is 64.5 Å². The molecule has 2 atom stereocenters. The van der Waals surface area contributed by atoms with Crippen molar-refractivity contribution in [3.63, 3.8) is 0 Å². The summed E-state index contributed by atoms with van der Waals surface area (Å²) in [5.74, 6) is 1.42. The van der Waals surface area contributed by atoms with Gasteiger partial charge in [0.15, 0.2) is 0 Å². The minimum Gasteiger partial charge on any atom is -0.237 e. The van der Waals surface area contributed by atoms with Crippen molar-refractivity contribution in [1.29, 1.82) is 0 Å². The maximum absolute atomic E-state index is 10.2. The van der Waals surface area contributed by atoms with Crippen LogP contribution in [0.25, 0.3) is 0 Å². The van der Waals surface area contributed by atoms with Crippen molar-refractivity contribution in [2.45, 2.75) is 40.0 Å². The summed E-state index contributed by atoms with van der Waals surface area (Å²) in [5, 5.41) is 10.2. The Morgan fingerprint density at radius 2 is 1.80 bits per heavy atom. The van der Waals surface area contributed by atoms with Crippen LogP contribution in [0.1, 0.15) is 40.0 Å². The highest BCUT2D eigenvalue weighted by atomic mass is 16.2. The molecule has 0 rings (SSSR count). The van der Waals surface area contributed by atoms with E-state index in [9.17, 15) is 5.11 Å². The molecule has 10 heavy (non-hydrogen) atoms. The highest BCUT2D eigenvalue weighted by Crippen LogP contribution is 2.16. The Bertz CT molecular complexity index is 71.1. The van der Waals surface area contributed by atoms with Gasteiger partial charge >= 0.3 is 0 Å². The van der Waals surface area contributed by atoms with Crippen molar-refractivity contribution < 1.29 is 5.11 Å². The second kappa shape index (κ2) is 5.72. The van der Waals surface area contributed by atoms with Crippen molar-refractivity contribution in [2.75, 3.05) is 6.61 Å². The Morgan fingerprint density at radius 3 is 2.20 bits per heavy atom. The van der Waals surface area contributed by atoms with Crippen LogP contribution < -0.4 is 0 Å². The minimum absolute atomic E-state index is 0.0948. The molecule has 0 amide bonds. The van der Waals surface area contributed by atoms with Gasteiger partial charge in [-0.15, -0.1) is 0 Å². The molecule has 0 aliphatic heterocycles. The predicted octanol–water partition coefficient (Wildman–Crippen LogP) is 2.88. The van der Waals surface area contributed by atoms with E-state index in [1.54, 1.807) is 0 Å². The van der Waals surface area contributed by atoms with Crippen LogP contribution in [0, 0.1) is 11.8 Å². The summed E-state index contributed by atoms with van der Waals surface area (Å²) in [5.41, 5.74) is 0. The average molecular weight is 143 g/mol. The smallest absolute Gasteiger partial charge is 0.0824 e. The summed E-state index contributed by atoms with van der Waals surface area (Å²) in [6.45, 7) is 6.72. The molecule has 0 heterocycles. The lowest BCUT2D eigenvalue weighted by Gasteiger charge is -2.13. The van der Waals surface area contributed by atoms with Crippen LogP contribution in [0.5, 0.6) is 0 Å². The van der Waals surface area contributed by atoms with Crippen LogP contribution in [-0.4, -0.2) is 6.61 Å². The first-order valence-electron chi connectivity index (χ1n) is 4.28. The molecular formula is C9H19O. The lowest BCUT2D eigenvalue weighted by atomic mass is 9.93. The topological polar surface area (TPSA) is 19.9 Å². The van der Waals surface area contributed by atoms with Crippen molar-refractivity contribution in [1.82, 2.24) is 0 Å². The fourth-order valence-electron chi connectivity index (χ4n) is 1.17. The van der Waals surface area contributed by atoms with Crippen LogP contribution in [0.2, 0.25) is 0 Å². The first-order chi connectivity index (χ1) is 4.70. The third-order valence-electron chi connectivity index (χ3n) is 2.11. The van der Waals surface area contributed by atoms with Gasteiger partial charge in [-0.2, -0.15) is 0 Å². The molecule has 0 bridgehead atoms. The predicted molar refractivity (Wildman–Crippen MR) is 43.4 cm³/mol. The van der Waals surface area contributed by atoms with Gasteiger partial charge in [-0.1, -0.05) is 27.2 Å². The summed E-state index contributed by atoms with van der Waals surface area (Å²) in [4.78, 5) is 0. The molecule has 1 heteroatoms. The normalized spacial score (nSPS) is 16.8. The van der Waals surface area contributed by atoms with Gasteiger partial charge in [-0.25, -0.2) is 5.11 Å². The zero-order chi connectivity index (χ0) is 7.98. The second-order valence-corrected chi connectivity index (χ2v) is 3.35. The standard InChI is InChI=1S/C9H19O/c1-4-8(2)7-9(3)5-6-10/h8-9H,4-7H2,1-3H3. The van der Waals surface area contributed by atoms with Crippen LogP contribution in [-0.2, 0) is 5.11 Å². The minimum atomic E-state index is 0.0948. The molecule has 61 valence electrons. The molecule has 0 aromatic rings. The number of rotatable bonds is 5. The maximum Gasteiger partial charge on any atom is 0.0824 e.